The van der Waals surface area contributed by atoms with Crippen LogP contribution in [0.4, 0.5) is 0 Å². The topological polar surface area (TPSA) is 96.3 Å². The monoisotopic (exact) mass is 495 g/mol. The molecule has 4 bridgehead atoms. The highest BCUT2D eigenvalue weighted by Gasteiger charge is 2.53. The van der Waals surface area contributed by atoms with Crippen molar-refractivity contribution in [2.45, 2.75) is 109 Å². The molecular weight excluding hydrogens is 454 g/mol. The molecule has 1 aliphatic heterocycles. The zero-order valence-corrected chi connectivity index (χ0v) is 22.0. The molecule has 5 aliphatic carbocycles. The zero-order chi connectivity index (χ0) is 25.2. The third kappa shape index (κ3) is 3.86. The van der Waals surface area contributed by atoms with Crippen LogP contribution < -0.4 is 10.6 Å². The van der Waals surface area contributed by atoms with E-state index in [1.54, 1.807) is 24.7 Å². The summed E-state index contributed by atoms with van der Waals surface area (Å²) >= 11 is 0. The average molecular weight is 496 g/mol. The fraction of sp³-hybridized carbons (Fsp3) is 0.786. The maximum Gasteiger partial charge on any atom is 0.272 e. The van der Waals surface area contributed by atoms with Gasteiger partial charge in [-0.2, -0.15) is 5.10 Å². The predicted molar refractivity (Wildman–Crippen MR) is 135 cm³/mol. The van der Waals surface area contributed by atoms with Crippen molar-refractivity contribution in [3.05, 3.63) is 17.5 Å². The van der Waals surface area contributed by atoms with Crippen LogP contribution >= 0.6 is 0 Å². The molecule has 1 aromatic rings. The number of carbonyl (C=O) groups is 3. The molecule has 0 unspecified atom stereocenters. The zero-order valence-electron chi connectivity index (χ0n) is 22.0. The van der Waals surface area contributed by atoms with Crippen molar-refractivity contribution < 1.29 is 14.4 Å². The van der Waals surface area contributed by atoms with Gasteiger partial charge in [0, 0.05) is 25.2 Å². The van der Waals surface area contributed by atoms with Gasteiger partial charge in [-0.1, -0.05) is 19.3 Å². The largest absolute Gasteiger partial charge is 0.351 e. The van der Waals surface area contributed by atoms with Gasteiger partial charge in [-0.25, -0.2) is 0 Å². The van der Waals surface area contributed by atoms with Crippen LogP contribution in [-0.4, -0.2) is 57.1 Å². The van der Waals surface area contributed by atoms with Crippen LogP contribution in [0.2, 0.25) is 0 Å². The number of hydrogen-bond donors (Lipinski definition) is 2. The summed E-state index contributed by atoms with van der Waals surface area (Å²) in [5.41, 5.74) is -0.211. The van der Waals surface area contributed by atoms with E-state index in [4.69, 9.17) is 0 Å². The number of rotatable bonds is 5. The number of aromatic nitrogens is 2. The first-order valence-corrected chi connectivity index (χ1v) is 14.1. The lowest BCUT2D eigenvalue weighted by molar-refractivity contribution is -0.133. The SMILES string of the molecule is C[C@@H](NC(=O)c1cc2n(n1)C[C@](C)(C(=O)NC1CCCCC1)N(C)C2=O)C12CC3CC(CC(C3)C1)C2. The van der Waals surface area contributed by atoms with Gasteiger partial charge in [-0.15, -0.1) is 0 Å². The summed E-state index contributed by atoms with van der Waals surface area (Å²) in [4.78, 5) is 41.4. The number of carbonyl (C=O) groups excluding carboxylic acids is 3. The molecule has 8 nitrogen and oxygen atoms in total. The summed E-state index contributed by atoms with van der Waals surface area (Å²) in [5, 5.41) is 11.0. The van der Waals surface area contributed by atoms with Crippen molar-refractivity contribution in [1.29, 1.82) is 0 Å². The molecule has 36 heavy (non-hydrogen) atoms. The van der Waals surface area contributed by atoms with Gasteiger partial charge in [0.1, 0.15) is 11.2 Å². The molecule has 2 atom stereocenters. The molecule has 7 rings (SSSR count). The van der Waals surface area contributed by atoms with E-state index in [0.29, 0.717) is 5.69 Å². The van der Waals surface area contributed by atoms with Crippen molar-refractivity contribution in [2.75, 3.05) is 7.05 Å². The molecule has 2 heterocycles. The number of amides is 3. The maximum atomic E-state index is 13.3. The predicted octanol–water partition coefficient (Wildman–Crippen LogP) is 3.51. The van der Waals surface area contributed by atoms with Gasteiger partial charge in [0.05, 0.1) is 6.54 Å². The Bertz CT molecular complexity index is 1040. The van der Waals surface area contributed by atoms with Crippen LogP contribution in [0.5, 0.6) is 0 Å². The Balaban J connectivity index is 1.17. The molecule has 6 aliphatic rings. The Labute approximate surface area is 213 Å². The van der Waals surface area contributed by atoms with E-state index in [1.807, 2.05) is 0 Å². The third-order valence-electron chi connectivity index (χ3n) is 10.5. The second kappa shape index (κ2) is 8.59. The fourth-order valence-electron chi connectivity index (χ4n) is 8.56. The van der Waals surface area contributed by atoms with Crippen LogP contribution in [0, 0.1) is 23.2 Å². The van der Waals surface area contributed by atoms with Crippen LogP contribution in [0.25, 0.3) is 0 Å². The summed E-state index contributed by atoms with van der Waals surface area (Å²) in [6.45, 7) is 4.19. The van der Waals surface area contributed by atoms with E-state index in [2.05, 4.69) is 22.7 Å². The third-order valence-corrected chi connectivity index (χ3v) is 10.5. The molecule has 196 valence electrons. The smallest absolute Gasteiger partial charge is 0.272 e. The average Bonchev–Trinajstić information content (AvgIpc) is 3.26. The minimum absolute atomic E-state index is 0.0852. The van der Waals surface area contributed by atoms with Gasteiger partial charge in [0.25, 0.3) is 11.8 Å². The summed E-state index contributed by atoms with van der Waals surface area (Å²) in [5.74, 6) is 1.82. The first-order chi connectivity index (χ1) is 17.2. The molecule has 0 aromatic carbocycles. The first kappa shape index (κ1) is 24.0. The Morgan fingerprint density at radius 3 is 2.28 bits per heavy atom. The summed E-state index contributed by atoms with van der Waals surface area (Å²) in [7, 11) is 1.67. The van der Waals surface area contributed by atoms with Crippen molar-refractivity contribution in [2.24, 2.45) is 23.2 Å². The summed E-state index contributed by atoms with van der Waals surface area (Å²) < 4.78 is 1.56. The van der Waals surface area contributed by atoms with E-state index < -0.39 is 5.54 Å². The molecule has 3 amide bonds. The van der Waals surface area contributed by atoms with Crippen molar-refractivity contribution in [3.63, 3.8) is 0 Å². The van der Waals surface area contributed by atoms with Crippen LogP contribution in [0.15, 0.2) is 6.07 Å². The van der Waals surface area contributed by atoms with E-state index >= 15 is 0 Å². The highest BCUT2D eigenvalue weighted by molar-refractivity contribution is 6.01. The molecule has 0 spiro atoms. The Morgan fingerprint density at radius 2 is 1.67 bits per heavy atom. The van der Waals surface area contributed by atoms with Crippen LogP contribution in [-0.2, 0) is 11.3 Å². The number of nitrogens with zero attached hydrogens (tertiary/aromatic N) is 3. The van der Waals surface area contributed by atoms with E-state index in [0.717, 1.165) is 43.4 Å². The Morgan fingerprint density at radius 1 is 1.06 bits per heavy atom. The standard InChI is InChI=1S/C28H41N5O3/c1-17(28-13-18-9-19(14-28)11-20(10-18)15-28)29-24(34)22-12-23-25(35)32(3)27(2,16-33(23)31-22)26(36)30-21-7-5-4-6-8-21/h12,17-21H,4-11,13-16H2,1-3H3,(H,29,34)(H,30,36)/t17-,18?,19?,20?,27-,28?/m1/s1. The Hall–Kier alpha value is -2.38. The molecule has 5 saturated carbocycles. The van der Waals surface area contributed by atoms with Crippen molar-refractivity contribution in [1.82, 2.24) is 25.3 Å². The van der Waals surface area contributed by atoms with Crippen molar-refractivity contribution in [3.8, 4) is 0 Å². The van der Waals surface area contributed by atoms with Gasteiger partial charge >= 0.3 is 0 Å². The highest BCUT2D eigenvalue weighted by Crippen LogP contribution is 2.61. The van der Waals surface area contributed by atoms with Crippen molar-refractivity contribution >= 4 is 17.7 Å². The van der Waals surface area contributed by atoms with E-state index in [-0.39, 0.29) is 47.5 Å². The lowest BCUT2D eigenvalue weighted by Crippen LogP contribution is -2.63. The van der Waals surface area contributed by atoms with Gasteiger partial charge in [-0.05, 0) is 88.4 Å². The minimum Gasteiger partial charge on any atom is -0.351 e. The number of likely N-dealkylation sites (N-methyl/N-ethyl adjacent to an activating group) is 1. The molecule has 5 fully saturated rings. The summed E-state index contributed by atoms with van der Waals surface area (Å²) in [6.07, 6.45) is 13.2. The number of hydrogen-bond acceptors (Lipinski definition) is 4. The number of fused-ring (bicyclic) bond motifs is 1. The van der Waals surface area contributed by atoms with Crippen LogP contribution in [0.1, 0.15) is 105 Å². The lowest BCUT2D eigenvalue weighted by atomic mass is 9.48. The van der Waals surface area contributed by atoms with Gasteiger partial charge in [0.15, 0.2) is 5.69 Å². The molecule has 2 N–H and O–H groups in total. The second-order valence-corrected chi connectivity index (χ2v) is 13.0. The Kier molecular flexibility index (Phi) is 5.72. The molecule has 0 radical (unpaired) electrons. The fourth-order valence-corrected chi connectivity index (χ4v) is 8.56. The van der Waals surface area contributed by atoms with Crippen LogP contribution in [0.3, 0.4) is 0 Å². The molecular formula is C28H41N5O3. The van der Waals surface area contributed by atoms with E-state index in [1.165, 1.54) is 49.8 Å². The minimum atomic E-state index is -1.05. The molecule has 0 saturated heterocycles. The lowest BCUT2D eigenvalue weighted by Gasteiger charge is -2.59. The van der Waals surface area contributed by atoms with Gasteiger partial charge < -0.3 is 15.5 Å². The maximum absolute atomic E-state index is 13.3. The first-order valence-electron chi connectivity index (χ1n) is 14.1. The van der Waals surface area contributed by atoms with Gasteiger partial charge in [0.2, 0.25) is 5.91 Å². The van der Waals surface area contributed by atoms with Gasteiger partial charge in [-0.3, -0.25) is 19.1 Å². The van der Waals surface area contributed by atoms with E-state index in [9.17, 15) is 14.4 Å². The molecule has 1 aromatic heterocycles. The normalized spacial score (nSPS) is 36.5. The quantitative estimate of drug-likeness (QED) is 0.653. The highest BCUT2D eigenvalue weighted by atomic mass is 16.2. The second-order valence-electron chi connectivity index (χ2n) is 13.0. The molecule has 8 heteroatoms. The number of nitrogens with one attached hydrogen (secondary N) is 2. The summed E-state index contributed by atoms with van der Waals surface area (Å²) in [6, 6.07) is 1.85.